The summed E-state index contributed by atoms with van der Waals surface area (Å²) in [6.45, 7) is 4.18. The molecule has 0 saturated carbocycles. The van der Waals surface area contributed by atoms with Gasteiger partial charge in [0.15, 0.2) is 6.10 Å². The third-order valence-electron chi connectivity index (χ3n) is 19.6. The van der Waals surface area contributed by atoms with Gasteiger partial charge in [-0.15, -0.1) is 0 Å². The second-order valence-corrected chi connectivity index (χ2v) is 32.3. The molecule has 0 aromatic rings. The number of unbranched alkanes of at least 4 members (excludes halogenated alkanes) is 52. The van der Waals surface area contributed by atoms with E-state index in [-0.39, 0.29) is 32.0 Å². The van der Waals surface area contributed by atoms with Crippen LogP contribution in [0.4, 0.5) is 0 Å². The normalized spacial score (nSPS) is 13.4. The van der Waals surface area contributed by atoms with E-state index in [4.69, 9.17) is 18.5 Å². The number of likely N-dealkylation sites (N-methyl/N-ethyl adjacent to an activating group) is 1. The van der Waals surface area contributed by atoms with Gasteiger partial charge in [-0.2, -0.15) is 0 Å². The summed E-state index contributed by atoms with van der Waals surface area (Å²) >= 11 is 0. The van der Waals surface area contributed by atoms with E-state index in [0.29, 0.717) is 17.4 Å². The first-order chi connectivity index (χ1) is 50.0. The van der Waals surface area contributed by atoms with Crippen molar-refractivity contribution in [2.24, 2.45) is 0 Å². The molecule has 102 heavy (non-hydrogen) atoms. The smallest absolute Gasteiger partial charge is 0.306 e. The van der Waals surface area contributed by atoms with E-state index in [2.05, 4.69) is 111 Å². The molecule has 0 aromatic heterocycles. The molecule has 0 amide bonds. The van der Waals surface area contributed by atoms with Crippen LogP contribution in [0.3, 0.4) is 0 Å². The topological polar surface area (TPSA) is 111 Å². The predicted molar refractivity (Wildman–Crippen MR) is 443 cm³/mol. The highest BCUT2D eigenvalue weighted by Crippen LogP contribution is 2.38. The Hall–Kier alpha value is -3.07. The van der Waals surface area contributed by atoms with Crippen LogP contribution in [0.15, 0.2) is 97.2 Å². The number of nitrogens with zero attached hydrogens (tertiary/aromatic N) is 1. The minimum atomic E-state index is -4.65. The number of allylic oxidation sites excluding steroid dienone is 16. The van der Waals surface area contributed by atoms with Gasteiger partial charge in [0, 0.05) is 12.8 Å². The number of quaternary nitrogens is 1. The maximum atomic E-state index is 12.9. The number of carbonyl (C=O) groups excluding carboxylic acids is 2. The Morgan fingerprint density at radius 1 is 0.314 bits per heavy atom. The van der Waals surface area contributed by atoms with E-state index < -0.39 is 26.5 Å². The lowest BCUT2D eigenvalue weighted by Crippen LogP contribution is -2.37. The molecule has 0 bridgehead atoms. The van der Waals surface area contributed by atoms with Gasteiger partial charge in [0.05, 0.1) is 27.7 Å². The fourth-order valence-corrected chi connectivity index (χ4v) is 13.7. The van der Waals surface area contributed by atoms with Crippen LogP contribution in [0.2, 0.25) is 0 Å². The van der Waals surface area contributed by atoms with Crippen LogP contribution in [0, 0.1) is 0 Å². The molecule has 0 heterocycles. The summed E-state index contributed by atoms with van der Waals surface area (Å²) in [4.78, 5) is 38.3. The molecule has 2 unspecified atom stereocenters. The molecule has 594 valence electrons. The Bertz CT molecular complexity index is 2050. The van der Waals surface area contributed by atoms with E-state index in [1.54, 1.807) is 0 Å². The molecule has 0 saturated heterocycles. The van der Waals surface area contributed by atoms with Crippen LogP contribution in [0.5, 0.6) is 0 Å². The van der Waals surface area contributed by atoms with Crippen molar-refractivity contribution < 1.29 is 42.1 Å². The molecule has 0 aliphatic rings. The molecular formula is C92H168NO8P. The van der Waals surface area contributed by atoms with Crippen molar-refractivity contribution in [1.82, 2.24) is 0 Å². The van der Waals surface area contributed by atoms with Crippen LogP contribution >= 0.6 is 7.82 Å². The van der Waals surface area contributed by atoms with E-state index in [0.717, 1.165) is 77.0 Å². The first-order valence-corrected chi connectivity index (χ1v) is 45.4. The van der Waals surface area contributed by atoms with Gasteiger partial charge >= 0.3 is 11.9 Å². The standard InChI is InChI=1S/C92H168NO8P/c1-6-8-10-12-14-16-18-20-22-24-26-28-30-32-34-36-38-40-42-44-45-46-47-49-51-53-55-57-59-61-63-65-67-69-71-73-75-77-79-81-83-85-92(95)101-90(89-100-102(96,97)99-87-86-93(3,4)5)88-98-91(94)84-82-80-78-76-74-72-70-68-66-64-62-60-58-56-54-52-50-48-43-41-39-37-35-33-31-29-27-25-23-21-19-17-15-13-11-9-7-2/h8,10,14,16,19-22,25-28,31-34,90H,6-7,9,11-13,15,17-18,23-24,29-30,35-89H2,1-5H3/b10-8-,16-14-,21-19-,22-20-,27-25-,28-26-,33-31-,34-32-. The van der Waals surface area contributed by atoms with Gasteiger partial charge in [-0.3, -0.25) is 14.2 Å². The van der Waals surface area contributed by atoms with Crippen molar-refractivity contribution in [1.29, 1.82) is 0 Å². The average Bonchev–Trinajstić information content (AvgIpc) is 0.916. The highest BCUT2D eigenvalue weighted by molar-refractivity contribution is 7.45. The Morgan fingerprint density at radius 2 is 0.559 bits per heavy atom. The van der Waals surface area contributed by atoms with Gasteiger partial charge < -0.3 is 27.9 Å². The number of hydrogen-bond acceptors (Lipinski definition) is 8. The zero-order valence-corrected chi connectivity index (χ0v) is 69.0. The zero-order chi connectivity index (χ0) is 74.0. The average molecular weight is 1450 g/mol. The quantitative estimate of drug-likeness (QED) is 0.0195. The minimum Gasteiger partial charge on any atom is -0.756 e. The zero-order valence-electron chi connectivity index (χ0n) is 68.1. The van der Waals surface area contributed by atoms with Crippen molar-refractivity contribution in [3.05, 3.63) is 97.2 Å². The van der Waals surface area contributed by atoms with Crippen LogP contribution in [0.1, 0.15) is 425 Å². The SMILES string of the molecule is CC/C=C\C/C=C\C/C=C\C/C=C\C/C=C\CCCCCCCCCCCCCCCCCCCCCCCCCCCC(=O)OC(COC(=O)CCCCCCCCCCCCCCCCCCCCCCCC/C=C\C/C=C\C/C=C\CCCCCCC)COP(=O)([O-])OCC[N+](C)(C)C. The molecule has 0 radical (unpaired) electrons. The maximum Gasteiger partial charge on any atom is 0.306 e. The van der Waals surface area contributed by atoms with Crippen LogP contribution in [0.25, 0.3) is 0 Å². The van der Waals surface area contributed by atoms with Crippen molar-refractivity contribution >= 4 is 19.8 Å². The molecule has 2 atom stereocenters. The summed E-state index contributed by atoms with van der Waals surface area (Å²) < 4.78 is 34.5. The van der Waals surface area contributed by atoms with Gasteiger partial charge in [-0.1, -0.05) is 413 Å². The third kappa shape index (κ3) is 85.9. The number of esters is 2. The van der Waals surface area contributed by atoms with E-state index in [1.807, 2.05) is 21.1 Å². The van der Waals surface area contributed by atoms with Crippen molar-refractivity contribution in [3.63, 3.8) is 0 Å². The molecule has 10 heteroatoms. The molecule has 0 spiro atoms. The monoisotopic (exact) mass is 1450 g/mol. The summed E-state index contributed by atoms with van der Waals surface area (Å²) in [5.74, 6) is -0.811. The number of phosphoric acid groups is 1. The van der Waals surface area contributed by atoms with E-state index >= 15 is 0 Å². The predicted octanol–water partition coefficient (Wildman–Crippen LogP) is 29.1. The highest BCUT2D eigenvalue weighted by atomic mass is 31.2. The first kappa shape index (κ1) is 98.9. The van der Waals surface area contributed by atoms with Gasteiger partial charge in [0.25, 0.3) is 7.82 Å². The van der Waals surface area contributed by atoms with Gasteiger partial charge in [-0.05, 0) is 96.3 Å². The van der Waals surface area contributed by atoms with E-state index in [9.17, 15) is 19.0 Å². The largest absolute Gasteiger partial charge is 0.756 e. The molecule has 0 N–H and O–H groups in total. The third-order valence-corrected chi connectivity index (χ3v) is 20.6. The Balaban J connectivity index is 3.87. The van der Waals surface area contributed by atoms with Crippen LogP contribution in [-0.2, 0) is 32.7 Å². The molecular weight excluding hydrogens is 1280 g/mol. The number of rotatable bonds is 82. The van der Waals surface area contributed by atoms with Crippen molar-refractivity contribution in [2.75, 3.05) is 47.5 Å². The van der Waals surface area contributed by atoms with Crippen molar-refractivity contribution in [3.8, 4) is 0 Å². The fraction of sp³-hybridized carbons (Fsp3) is 0.804. The first-order valence-electron chi connectivity index (χ1n) is 43.9. The van der Waals surface area contributed by atoms with Crippen LogP contribution < -0.4 is 4.89 Å². The highest BCUT2D eigenvalue weighted by Gasteiger charge is 2.22. The minimum absolute atomic E-state index is 0.0295. The summed E-state index contributed by atoms with van der Waals surface area (Å²) in [6, 6.07) is 0. The molecule has 0 aliphatic carbocycles. The maximum absolute atomic E-state index is 12.9. The number of carbonyl (C=O) groups is 2. The molecule has 0 aliphatic heterocycles. The Labute approximate surface area is 634 Å². The fourth-order valence-electron chi connectivity index (χ4n) is 12.9. The number of phosphoric ester groups is 1. The summed E-state index contributed by atoms with van der Waals surface area (Å²) in [5, 5.41) is 0. The number of hydrogen-bond donors (Lipinski definition) is 0. The van der Waals surface area contributed by atoms with Gasteiger partial charge in [-0.25, -0.2) is 0 Å². The van der Waals surface area contributed by atoms with Crippen molar-refractivity contribution in [2.45, 2.75) is 431 Å². The second kappa shape index (κ2) is 82.0. The summed E-state index contributed by atoms with van der Waals surface area (Å²) in [5.41, 5.74) is 0. The van der Waals surface area contributed by atoms with E-state index in [1.165, 1.54) is 315 Å². The Morgan fingerprint density at radius 3 is 0.833 bits per heavy atom. The molecule has 9 nitrogen and oxygen atoms in total. The Kier molecular flexibility index (Phi) is 79.5. The van der Waals surface area contributed by atoms with Gasteiger partial charge in [0.1, 0.15) is 19.8 Å². The lowest BCUT2D eigenvalue weighted by molar-refractivity contribution is -0.870. The summed E-state index contributed by atoms with van der Waals surface area (Å²) in [7, 11) is 1.19. The molecule has 0 aromatic carbocycles. The number of ether oxygens (including phenoxy) is 2. The van der Waals surface area contributed by atoms with Crippen LogP contribution in [-0.4, -0.2) is 70.0 Å². The second-order valence-electron chi connectivity index (χ2n) is 30.9. The molecule has 0 fully saturated rings. The lowest BCUT2D eigenvalue weighted by atomic mass is 10.0. The summed E-state index contributed by atoms with van der Waals surface area (Å²) in [6.07, 6.45) is 116. The van der Waals surface area contributed by atoms with Gasteiger partial charge in [0.2, 0.25) is 0 Å². The molecule has 0 rings (SSSR count). The lowest BCUT2D eigenvalue weighted by Gasteiger charge is -2.28.